The van der Waals surface area contributed by atoms with Crippen molar-refractivity contribution >= 4 is 11.9 Å². The van der Waals surface area contributed by atoms with E-state index in [1.807, 2.05) is 4.90 Å². The highest BCUT2D eigenvalue weighted by Gasteiger charge is 2.31. The molecule has 2 fully saturated rings. The summed E-state index contributed by atoms with van der Waals surface area (Å²) in [6.07, 6.45) is 3.87. The van der Waals surface area contributed by atoms with E-state index in [9.17, 15) is 9.59 Å². The highest BCUT2D eigenvalue weighted by molar-refractivity contribution is 5.82. The van der Waals surface area contributed by atoms with Crippen molar-refractivity contribution < 1.29 is 14.7 Å². The molecule has 0 radical (unpaired) electrons. The molecule has 0 aromatic carbocycles. The van der Waals surface area contributed by atoms with Crippen LogP contribution in [0.1, 0.15) is 32.1 Å². The van der Waals surface area contributed by atoms with Crippen molar-refractivity contribution in [1.29, 1.82) is 0 Å². The van der Waals surface area contributed by atoms with Crippen LogP contribution in [0.5, 0.6) is 0 Å². The summed E-state index contributed by atoms with van der Waals surface area (Å²) < 4.78 is 0. The van der Waals surface area contributed by atoms with E-state index in [2.05, 4.69) is 5.32 Å². The minimum atomic E-state index is -0.743. The number of amides is 1. The third-order valence-electron chi connectivity index (χ3n) is 3.72. The van der Waals surface area contributed by atoms with Crippen molar-refractivity contribution in [2.45, 2.75) is 38.1 Å². The zero-order valence-corrected chi connectivity index (χ0v) is 10.0. The van der Waals surface area contributed by atoms with Crippen molar-refractivity contribution in [1.82, 2.24) is 10.2 Å². The Hall–Kier alpha value is -1.10. The fourth-order valence-electron chi connectivity index (χ4n) is 2.71. The molecule has 1 amide bonds. The van der Waals surface area contributed by atoms with Gasteiger partial charge in [-0.25, -0.2) is 0 Å². The summed E-state index contributed by atoms with van der Waals surface area (Å²) in [6.45, 7) is 2.47. The summed E-state index contributed by atoms with van der Waals surface area (Å²) in [6, 6.07) is 0.00761. The Balaban J connectivity index is 1.76. The lowest BCUT2D eigenvalue weighted by molar-refractivity contribution is -0.137. The number of nitrogens with zero attached hydrogens (tertiary/aromatic N) is 1. The Morgan fingerprint density at radius 1 is 1.35 bits per heavy atom. The molecule has 5 nitrogen and oxygen atoms in total. The van der Waals surface area contributed by atoms with Gasteiger partial charge in [0.05, 0.1) is 6.04 Å². The summed E-state index contributed by atoms with van der Waals surface area (Å²) in [7, 11) is 0. The summed E-state index contributed by atoms with van der Waals surface area (Å²) >= 11 is 0. The van der Waals surface area contributed by atoms with Crippen molar-refractivity contribution in [2.24, 2.45) is 5.92 Å². The highest BCUT2D eigenvalue weighted by Crippen LogP contribution is 2.22. The first kappa shape index (κ1) is 12.4. The Kier molecular flexibility index (Phi) is 3.99. The second-order valence-corrected chi connectivity index (χ2v) is 5.02. The summed E-state index contributed by atoms with van der Waals surface area (Å²) in [5, 5.41) is 11.8. The van der Waals surface area contributed by atoms with Gasteiger partial charge in [0.25, 0.3) is 0 Å². The van der Waals surface area contributed by atoms with E-state index in [0.29, 0.717) is 12.3 Å². The number of aliphatic carboxylic acids is 1. The molecule has 0 bridgehead atoms. The molecule has 0 aromatic rings. The lowest BCUT2D eigenvalue weighted by atomic mass is 10.0. The first-order valence-corrected chi connectivity index (χ1v) is 6.41. The molecule has 5 heteroatoms. The van der Waals surface area contributed by atoms with Crippen LogP contribution in [0.15, 0.2) is 0 Å². The largest absolute Gasteiger partial charge is 0.481 e. The molecular formula is C12H20N2O3. The summed E-state index contributed by atoms with van der Waals surface area (Å²) in [5.41, 5.74) is 0. The zero-order valence-electron chi connectivity index (χ0n) is 10.0. The summed E-state index contributed by atoms with van der Waals surface area (Å²) in [5.74, 6) is -0.163. The minimum absolute atomic E-state index is 0.00761. The van der Waals surface area contributed by atoms with Gasteiger partial charge < -0.3 is 15.3 Å². The topological polar surface area (TPSA) is 69.6 Å². The van der Waals surface area contributed by atoms with Gasteiger partial charge in [0.2, 0.25) is 5.91 Å². The number of carboxylic acids is 1. The maximum Gasteiger partial charge on any atom is 0.303 e. The number of carboxylic acid groups (broad SMARTS) is 1. The van der Waals surface area contributed by atoms with Crippen LogP contribution in [0, 0.1) is 5.92 Å². The SMILES string of the molecule is O=C(O)CCC1CCN(C(=O)[C@H]2CCCN2)C1. The van der Waals surface area contributed by atoms with Gasteiger partial charge in [-0.15, -0.1) is 0 Å². The molecule has 2 aliphatic heterocycles. The Bertz CT molecular complexity index is 300. The average molecular weight is 240 g/mol. The first-order chi connectivity index (χ1) is 8.16. The average Bonchev–Trinajstić information content (AvgIpc) is 2.97. The monoisotopic (exact) mass is 240 g/mol. The molecule has 0 saturated carbocycles. The smallest absolute Gasteiger partial charge is 0.303 e. The van der Waals surface area contributed by atoms with Gasteiger partial charge in [-0.05, 0) is 38.1 Å². The number of hydrogen-bond donors (Lipinski definition) is 2. The molecule has 2 saturated heterocycles. The maximum atomic E-state index is 12.1. The molecule has 1 unspecified atom stereocenters. The van der Waals surface area contributed by atoms with Crippen molar-refractivity contribution in [3.05, 3.63) is 0 Å². The van der Waals surface area contributed by atoms with Crippen LogP contribution in [0.3, 0.4) is 0 Å². The second-order valence-electron chi connectivity index (χ2n) is 5.02. The molecule has 2 atom stereocenters. The number of nitrogens with one attached hydrogen (secondary N) is 1. The van der Waals surface area contributed by atoms with Crippen LogP contribution in [0.4, 0.5) is 0 Å². The normalized spacial score (nSPS) is 28.6. The fraction of sp³-hybridized carbons (Fsp3) is 0.833. The second kappa shape index (κ2) is 5.49. The van der Waals surface area contributed by atoms with Crippen LogP contribution in [0.2, 0.25) is 0 Å². The van der Waals surface area contributed by atoms with Crippen molar-refractivity contribution in [2.75, 3.05) is 19.6 Å². The van der Waals surface area contributed by atoms with Gasteiger partial charge >= 0.3 is 5.97 Å². The van der Waals surface area contributed by atoms with Crippen molar-refractivity contribution in [3.63, 3.8) is 0 Å². The molecule has 96 valence electrons. The molecular weight excluding hydrogens is 220 g/mol. The molecule has 0 aromatic heterocycles. The molecule has 2 aliphatic rings. The Morgan fingerprint density at radius 2 is 2.18 bits per heavy atom. The minimum Gasteiger partial charge on any atom is -0.481 e. The van der Waals surface area contributed by atoms with Crippen LogP contribution in [-0.2, 0) is 9.59 Å². The van der Waals surface area contributed by atoms with E-state index in [0.717, 1.165) is 38.9 Å². The van der Waals surface area contributed by atoms with Gasteiger partial charge in [-0.1, -0.05) is 0 Å². The van der Waals surface area contributed by atoms with Gasteiger partial charge in [-0.3, -0.25) is 9.59 Å². The van der Waals surface area contributed by atoms with Crippen LogP contribution < -0.4 is 5.32 Å². The van der Waals surface area contributed by atoms with Crippen molar-refractivity contribution in [3.8, 4) is 0 Å². The lowest BCUT2D eigenvalue weighted by Crippen LogP contribution is -2.42. The lowest BCUT2D eigenvalue weighted by Gasteiger charge is -2.20. The highest BCUT2D eigenvalue weighted by atomic mass is 16.4. The third kappa shape index (κ3) is 3.19. The molecule has 2 rings (SSSR count). The Morgan fingerprint density at radius 3 is 2.82 bits per heavy atom. The predicted molar refractivity (Wildman–Crippen MR) is 62.6 cm³/mol. The van der Waals surface area contributed by atoms with E-state index in [1.54, 1.807) is 0 Å². The predicted octanol–water partition coefficient (Wildman–Crippen LogP) is 0.452. The molecule has 0 spiro atoms. The quantitative estimate of drug-likeness (QED) is 0.748. The Labute approximate surface area is 101 Å². The maximum absolute atomic E-state index is 12.1. The van der Waals surface area contributed by atoms with Gasteiger partial charge in [0.1, 0.15) is 0 Å². The van der Waals surface area contributed by atoms with Gasteiger partial charge in [0.15, 0.2) is 0 Å². The van der Waals surface area contributed by atoms with Crippen LogP contribution in [-0.4, -0.2) is 47.6 Å². The van der Waals surface area contributed by atoms with E-state index in [-0.39, 0.29) is 18.4 Å². The van der Waals surface area contributed by atoms with E-state index >= 15 is 0 Å². The zero-order chi connectivity index (χ0) is 12.3. The number of carbonyl (C=O) groups is 2. The van der Waals surface area contributed by atoms with Gasteiger partial charge in [-0.2, -0.15) is 0 Å². The van der Waals surface area contributed by atoms with Crippen LogP contribution >= 0.6 is 0 Å². The molecule has 2 N–H and O–H groups in total. The van der Waals surface area contributed by atoms with E-state index in [4.69, 9.17) is 5.11 Å². The van der Waals surface area contributed by atoms with Crippen LogP contribution in [0.25, 0.3) is 0 Å². The number of hydrogen-bond acceptors (Lipinski definition) is 3. The standard InChI is InChI=1S/C12H20N2O3/c15-11(16)4-3-9-5-7-14(8-9)12(17)10-2-1-6-13-10/h9-10,13H,1-8H2,(H,15,16)/t9?,10-/m1/s1. The summed E-state index contributed by atoms with van der Waals surface area (Å²) in [4.78, 5) is 24.5. The van der Waals surface area contributed by atoms with E-state index < -0.39 is 5.97 Å². The van der Waals surface area contributed by atoms with E-state index in [1.165, 1.54) is 0 Å². The third-order valence-corrected chi connectivity index (χ3v) is 3.72. The molecule has 17 heavy (non-hydrogen) atoms. The molecule has 0 aliphatic carbocycles. The first-order valence-electron chi connectivity index (χ1n) is 6.41. The number of likely N-dealkylation sites (tertiary alicyclic amines) is 1. The number of carbonyl (C=O) groups excluding carboxylic acids is 1. The van der Waals surface area contributed by atoms with Gasteiger partial charge in [0, 0.05) is 19.5 Å². The molecule has 2 heterocycles. The fourth-order valence-corrected chi connectivity index (χ4v) is 2.71. The number of rotatable bonds is 4.